The fourth-order valence-electron chi connectivity index (χ4n) is 5.24. The molecule has 2 aromatic rings. The van der Waals surface area contributed by atoms with Gasteiger partial charge in [-0.2, -0.15) is 0 Å². The van der Waals surface area contributed by atoms with Crippen LogP contribution in [0.1, 0.15) is 43.9 Å². The van der Waals surface area contributed by atoms with Gasteiger partial charge in [0.05, 0.1) is 0 Å². The summed E-state index contributed by atoms with van der Waals surface area (Å²) >= 11 is -3.53. The average Bonchev–Trinajstić information content (AvgIpc) is 2.88. The van der Waals surface area contributed by atoms with Gasteiger partial charge in [-0.15, -0.1) is 24.8 Å². The molecule has 2 N–H and O–H groups in total. The zero-order valence-corrected chi connectivity index (χ0v) is 21.0. The summed E-state index contributed by atoms with van der Waals surface area (Å²) in [5, 5.41) is 12.0. The third-order valence-corrected chi connectivity index (χ3v) is 14.0. The summed E-state index contributed by atoms with van der Waals surface area (Å²) in [6.45, 7) is 9.16. The van der Waals surface area contributed by atoms with E-state index in [0.717, 1.165) is 17.6 Å². The van der Waals surface area contributed by atoms with Gasteiger partial charge in [0.1, 0.15) is 0 Å². The first kappa shape index (κ1) is 25.6. The average molecular weight is 460 g/mol. The minimum atomic E-state index is -3.53. The minimum absolute atomic E-state index is 0. The second kappa shape index (κ2) is 8.72. The molecule has 0 saturated heterocycles. The van der Waals surface area contributed by atoms with Gasteiger partial charge >= 0.3 is 160 Å². The van der Waals surface area contributed by atoms with Crippen molar-refractivity contribution < 1.29 is 20.2 Å². The summed E-state index contributed by atoms with van der Waals surface area (Å²) in [7, 11) is 0. The fraction of sp³-hybridized carbons (Fsp3) is 0.435. The van der Waals surface area contributed by atoms with E-state index < -0.39 is 15.1 Å². The van der Waals surface area contributed by atoms with E-state index in [9.17, 15) is 5.11 Å². The zero-order chi connectivity index (χ0) is 19.2. The third-order valence-electron chi connectivity index (χ3n) is 5.68. The quantitative estimate of drug-likeness (QED) is 0.506. The van der Waals surface area contributed by atoms with Crippen LogP contribution in [0.4, 0.5) is 0 Å². The van der Waals surface area contributed by atoms with Crippen LogP contribution < -0.4 is 7.67 Å². The molecule has 3 rings (SSSR count). The Balaban J connectivity index is 0.00000196. The first-order valence-corrected chi connectivity index (χ1v) is 15.0. The van der Waals surface area contributed by atoms with Crippen LogP contribution in [0.15, 0.2) is 36.4 Å². The first-order chi connectivity index (χ1) is 12.0. The Morgan fingerprint density at radius 1 is 1.07 bits per heavy atom. The van der Waals surface area contributed by atoms with Crippen LogP contribution in [-0.4, -0.2) is 22.1 Å². The van der Waals surface area contributed by atoms with Crippen LogP contribution in [0.2, 0.25) is 9.95 Å². The summed E-state index contributed by atoms with van der Waals surface area (Å²) in [6.07, 6.45) is 1.80. The number of aliphatic hydroxyl groups excluding tert-OH is 1. The number of hydrogen-bond acceptors (Lipinski definition) is 2. The Kier molecular flexibility index (Phi) is 7.96. The van der Waals surface area contributed by atoms with Crippen molar-refractivity contribution in [2.24, 2.45) is 0 Å². The predicted molar refractivity (Wildman–Crippen MR) is 126 cm³/mol. The summed E-state index contributed by atoms with van der Waals surface area (Å²) in [5.41, 5.74) is 6.97. The van der Waals surface area contributed by atoms with Gasteiger partial charge in [-0.05, 0) is 0 Å². The van der Waals surface area contributed by atoms with Crippen LogP contribution in [0.25, 0.3) is 11.1 Å². The molecule has 0 fully saturated rings. The van der Waals surface area contributed by atoms with Gasteiger partial charge in [0.25, 0.3) is 0 Å². The van der Waals surface area contributed by atoms with Gasteiger partial charge in [-0.3, -0.25) is 0 Å². The van der Waals surface area contributed by atoms with E-state index in [-0.39, 0.29) is 37.0 Å². The van der Waals surface area contributed by atoms with Crippen LogP contribution in [0, 0.1) is 6.92 Å². The van der Waals surface area contributed by atoms with Gasteiger partial charge in [-0.1, -0.05) is 0 Å². The molecule has 0 heterocycles. The van der Waals surface area contributed by atoms with Crippen molar-refractivity contribution in [3.63, 3.8) is 0 Å². The normalized spacial score (nSPS) is 13.2. The molecular formula is C23H35Cl2NOTi. The van der Waals surface area contributed by atoms with Crippen molar-refractivity contribution in [1.82, 2.24) is 3.80 Å². The van der Waals surface area contributed by atoms with E-state index in [2.05, 4.69) is 73.1 Å². The zero-order valence-electron chi connectivity index (χ0n) is 17.8. The van der Waals surface area contributed by atoms with Crippen molar-refractivity contribution in [3.05, 3.63) is 53.1 Å². The Morgan fingerprint density at radius 2 is 1.71 bits per heavy atom. The van der Waals surface area contributed by atoms with Crippen molar-refractivity contribution in [3.8, 4) is 11.1 Å². The molecule has 1 aliphatic rings. The molecule has 0 saturated carbocycles. The van der Waals surface area contributed by atoms with Gasteiger partial charge in [0.2, 0.25) is 0 Å². The van der Waals surface area contributed by atoms with Gasteiger partial charge in [0, 0.05) is 0 Å². The molecule has 28 heavy (non-hydrogen) atoms. The molecule has 0 radical (unpaired) electrons. The molecule has 0 aromatic heterocycles. The Bertz CT molecular complexity index is 917. The van der Waals surface area contributed by atoms with Crippen LogP contribution >= 0.6 is 24.8 Å². The number of rotatable bonds is 5. The molecule has 2 aromatic carbocycles. The van der Waals surface area contributed by atoms with Crippen molar-refractivity contribution in [2.45, 2.75) is 56.0 Å². The number of benzene rings is 2. The summed E-state index contributed by atoms with van der Waals surface area (Å²) < 4.78 is 6.48. The summed E-state index contributed by atoms with van der Waals surface area (Å²) in [5.74, 6) is 0. The van der Waals surface area contributed by atoms with Crippen LogP contribution in [-0.2, 0) is 21.5 Å². The number of hydrogen-bond donors (Lipinski definition) is 2. The molecule has 0 atom stereocenters. The standard InChI is InChI=1S/C14H11.C4H10N.C3H7O.CH3.CH2.2ClH.Ti/c1-10-6-7-14-12(8-10)9-11-4-2-3-5-13(11)14;1-4(2,3)5;1-2-3-4;;;;;/h2-7H,9H2,1H3;5H,1-3H3;4H,1-3H2;1H3;1H2;2*1H;/q;-1;;;;;;+1. The van der Waals surface area contributed by atoms with E-state index >= 15 is 0 Å². The molecule has 2 nitrogen and oxygen atoms in total. The number of nitrogens with one attached hydrogen (secondary N) is 1. The predicted octanol–water partition coefficient (Wildman–Crippen LogP) is 5.31. The van der Waals surface area contributed by atoms with E-state index in [4.69, 9.17) is 4.82 Å². The second-order valence-corrected chi connectivity index (χ2v) is 18.7. The van der Waals surface area contributed by atoms with E-state index in [1.807, 2.05) is 0 Å². The molecular weight excluding hydrogens is 425 g/mol. The topological polar surface area (TPSA) is 32.3 Å². The molecule has 0 unspecified atom stereocenters. The number of halogens is 2. The maximum absolute atomic E-state index is 9.57. The molecule has 1 aliphatic carbocycles. The molecule has 156 valence electrons. The first-order valence-electron chi connectivity index (χ1n) is 9.72. The second-order valence-electron chi connectivity index (χ2n) is 9.61. The monoisotopic (exact) mass is 459 g/mol. The van der Waals surface area contributed by atoms with Crippen LogP contribution in [0.3, 0.4) is 0 Å². The molecule has 0 amide bonds. The summed E-state index contributed by atoms with van der Waals surface area (Å²) in [6, 6.07) is 13.3. The Labute approximate surface area is 183 Å². The van der Waals surface area contributed by atoms with E-state index in [0.29, 0.717) is 0 Å². The number of aliphatic hydroxyl groups is 1. The number of fused-ring (bicyclic) bond motifs is 3. The summed E-state index contributed by atoms with van der Waals surface area (Å²) in [4.78, 5) is 4.97. The third kappa shape index (κ3) is 4.80. The number of aryl methyl sites for hydroxylation is 1. The maximum atomic E-state index is 9.57. The fourth-order valence-corrected chi connectivity index (χ4v) is 14.8. The molecule has 0 aliphatic heterocycles. The van der Waals surface area contributed by atoms with E-state index in [1.54, 1.807) is 0 Å². The van der Waals surface area contributed by atoms with Gasteiger partial charge < -0.3 is 0 Å². The SMILES string of the molecule is Cl.Cl.[CH2]=[Ti]([CH3])([CH2]CCO)([NH]C(C)(C)C)[c]1c(C)ccc2c1Cc1ccccc1-2. The van der Waals surface area contributed by atoms with Crippen molar-refractivity contribution in [2.75, 3.05) is 6.61 Å². The Hall–Kier alpha value is -0.476. The molecule has 0 bridgehead atoms. The van der Waals surface area contributed by atoms with Gasteiger partial charge in [-0.25, -0.2) is 0 Å². The van der Waals surface area contributed by atoms with Crippen molar-refractivity contribution in [1.29, 1.82) is 0 Å². The van der Waals surface area contributed by atoms with Crippen LogP contribution in [0.5, 0.6) is 0 Å². The van der Waals surface area contributed by atoms with Crippen molar-refractivity contribution >= 4 is 33.5 Å². The molecule has 5 heteroatoms. The molecule has 0 spiro atoms. The van der Waals surface area contributed by atoms with Gasteiger partial charge in [0.15, 0.2) is 0 Å². The Morgan fingerprint density at radius 3 is 2.32 bits per heavy atom. The van der Waals surface area contributed by atoms with E-state index in [1.165, 1.54) is 31.7 Å².